The van der Waals surface area contributed by atoms with Crippen LogP contribution in [-0.4, -0.2) is 20.8 Å². The van der Waals surface area contributed by atoms with Gasteiger partial charge in [-0.25, -0.2) is 4.98 Å². The van der Waals surface area contributed by atoms with Gasteiger partial charge in [0.25, 0.3) is 0 Å². The standard InChI is InChI=1S/C14H24N4/c1-3-6-13-16-14(18(2)17-13)12-9-10-7-4-5-8-11(10)15-12/h10-12,15H,3-9H2,1-2H3. The molecule has 0 bridgehead atoms. The molecular formula is C14H24N4. The summed E-state index contributed by atoms with van der Waals surface area (Å²) in [5.41, 5.74) is 0. The SMILES string of the molecule is CCCc1nc(C2CC3CCCCC3N2)n(C)n1. The molecule has 2 fully saturated rings. The van der Waals surface area contributed by atoms with Crippen molar-refractivity contribution in [3.8, 4) is 0 Å². The lowest BCUT2D eigenvalue weighted by Gasteiger charge is -2.24. The number of nitrogens with one attached hydrogen (secondary N) is 1. The van der Waals surface area contributed by atoms with Crippen molar-refractivity contribution in [1.82, 2.24) is 20.1 Å². The molecule has 0 radical (unpaired) electrons. The minimum atomic E-state index is 0.432. The molecule has 3 unspecified atom stereocenters. The van der Waals surface area contributed by atoms with Gasteiger partial charge in [-0.3, -0.25) is 4.68 Å². The Balaban J connectivity index is 1.75. The molecular weight excluding hydrogens is 224 g/mol. The van der Waals surface area contributed by atoms with Crippen LogP contribution in [0, 0.1) is 5.92 Å². The lowest BCUT2D eigenvalue weighted by Crippen LogP contribution is -2.31. The molecule has 0 spiro atoms. The van der Waals surface area contributed by atoms with Gasteiger partial charge in [-0.05, 0) is 31.6 Å². The lowest BCUT2D eigenvalue weighted by atomic mass is 9.85. The van der Waals surface area contributed by atoms with Crippen LogP contribution in [0.3, 0.4) is 0 Å². The van der Waals surface area contributed by atoms with Crippen molar-refractivity contribution in [1.29, 1.82) is 0 Å². The average Bonchev–Trinajstić information content (AvgIpc) is 2.92. The fourth-order valence-electron chi connectivity index (χ4n) is 3.60. The first kappa shape index (κ1) is 12.2. The number of hydrogen-bond acceptors (Lipinski definition) is 3. The topological polar surface area (TPSA) is 42.7 Å². The smallest absolute Gasteiger partial charge is 0.151 e. The number of aryl methyl sites for hydroxylation is 2. The van der Waals surface area contributed by atoms with E-state index in [0.717, 1.165) is 36.5 Å². The predicted octanol–water partition coefficient (Wildman–Crippen LogP) is 2.36. The van der Waals surface area contributed by atoms with Crippen molar-refractivity contribution in [2.24, 2.45) is 13.0 Å². The van der Waals surface area contributed by atoms with Crippen LogP contribution in [0.1, 0.15) is 63.1 Å². The molecule has 4 nitrogen and oxygen atoms in total. The van der Waals surface area contributed by atoms with E-state index in [2.05, 4.69) is 17.3 Å². The highest BCUT2D eigenvalue weighted by Gasteiger charge is 2.37. The highest BCUT2D eigenvalue weighted by atomic mass is 15.3. The Kier molecular flexibility index (Phi) is 3.37. The summed E-state index contributed by atoms with van der Waals surface area (Å²) in [4.78, 5) is 4.73. The van der Waals surface area contributed by atoms with E-state index in [4.69, 9.17) is 4.98 Å². The molecule has 1 N–H and O–H groups in total. The molecule has 2 heterocycles. The van der Waals surface area contributed by atoms with Gasteiger partial charge in [-0.15, -0.1) is 0 Å². The summed E-state index contributed by atoms with van der Waals surface area (Å²) in [5, 5.41) is 8.31. The summed E-state index contributed by atoms with van der Waals surface area (Å²) in [6, 6.07) is 1.16. The van der Waals surface area contributed by atoms with Crippen LogP contribution in [0.4, 0.5) is 0 Å². The Labute approximate surface area is 109 Å². The van der Waals surface area contributed by atoms with Crippen molar-refractivity contribution < 1.29 is 0 Å². The number of aromatic nitrogens is 3. The summed E-state index contributed by atoms with van der Waals surface area (Å²) in [7, 11) is 2.03. The van der Waals surface area contributed by atoms with Gasteiger partial charge in [0, 0.05) is 19.5 Å². The third-order valence-electron chi connectivity index (χ3n) is 4.49. The number of nitrogens with zero attached hydrogens (tertiary/aromatic N) is 3. The molecule has 3 rings (SSSR count). The summed E-state index contributed by atoms with van der Waals surface area (Å²) < 4.78 is 1.99. The van der Waals surface area contributed by atoms with Crippen LogP contribution < -0.4 is 5.32 Å². The van der Waals surface area contributed by atoms with Gasteiger partial charge in [0.15, 0.2) is 5.82 Å². The Morgan fingerprint density at radius 3 is 2.94 bits per heavy atom. The number of fused-ring (bicyclic) bond motifs is 1. The van der Waals surface area contributed by atoms with Crippen molar-refractivity contribution >= 4 is 0 Å². The second kappa shape index (κ2) is 5.00. The Morgan fingerprint density at radius 2 is 2.17 bits per heavy atom. The van der Waals surface area contributed by atoms with Gasteiger partial charge >= 0.3 is 0 Å². The summed E-state index contributed by atoms with van der Waals surface area (Å²) in [6.07, 6.45) is 8.91. The molecule has 1 aromatic rings. The van der Waals surface area contributed by atoms with Crippen molar-refractivity contribution in [3.05, 3.63) is 11.6 Å². The quantitative estimate of drug-likeness (QED) is 0.893. The number of hydrogen-bond donors (Lipinski definition) is 1. The summed E-state index contributed by atoms with van der Waals surface area (Å²) in [6.45, 7) is 2.18. The van der Waals surface area contributed by atoms with E-state index in [0.29, 0.717) is 6.04 Å². The van der Waals surface area contributed by atoms with Crippen LogP contribution in [0.2, 0.25) is 0 Å². The lowest BCUT2D eigenvalue weighted by molar-refractivity contribution is 0.325. The van der Waals surface area contributed by atoms with Crippen LogP contribution in [0.5, 0.6) is 0 Å². The van der Waals surface area contributed by atoms with Gasteiger partial charge in [0.05, 0.1) is 6.04 Å². The molecule has 0 aromatic carbocycles. The molecule has 1 saturated heterocycles. The molecule has 1 aromatic heterocycles. The summed E-state index contributed by atoms with van der Waals surface area (Å²) in [5.74, 6) is 3.02. The molecule has 4 heteroatoms. The Morgan fingerprint density at radius 1 is 1.33 bits per heavy atom. The fourth-order valence-corrected chi connectivity index (χ4v) is 3.60. The van der Waals surface area contributed by atoms with Crippen LogP contribution >= 0.6 is 0 Å². The molecule has 1 saturated carbocycles. The maximum atomic E-state index is 4.73. The van der Waals surface area contributed by atoms with Crippen LogP contribution in [0.25, 0.3) is 0 Å². The first-order valence-corrected chi connectivity index (χ1v) is 7.43. The van der Waals surface area contributed by atoms with Crippen LogP contribution in [-0.2, 0) is 13.5 Å². The monoisotopic (exact) mass is 248 g/mol. The van der Waals surface area contributed by atoms with Gasteiger partial charge in [0.1, 0.15) is 5.82 Å². The zero-order valence-electron chi connectivity index (χ0n) is 11.5. The van der Waals surface area contributed by atoms with E-state index in [1.54, 1.807) is 0 Å². The average molecular weight is 248 g/mol. The van der Waals surface area contributed by atoms with Gasteiger partial charge in [-0.2, -0.15) is 5.10 Å². The van der Waals surface area contributed by atoms with Gasteiger partial charge < -0.3 is 5.32 Å². The molecule has 1 aliphatic carbocycles. The minimum absolute atomic E-state index is 0.432. The van der Waals surface area contributed by atoms with Crippen molar-refractivity contribution in [3.63, 3.8) is 0 Å². The Hall–Kier alpha value is -0.900. The first-order valence-electron chi connectivity index (χ1n) is 7.43. The molecule has 3 atom stereocenters. The van der Waals surface area contributed by atoms with Crippen molar-refractivity contribution in [2.45, 2.75) is 64.0 Å². The normalized spacial score (nSPS) is 31.6. The van der Waals surface area contributed by atoms with Crippen molar-refractivity contribution in [2.75, 3.05) is 0 Å². The fraction of sp³-hybridized carbons (Fsp3) is 0.857. The highest BCUT2D eigenvalue weighted by Crippen LogP contribution is 2.38. The minimum Gasteiger partial charge on any atom is -0.304 e. The molecule has 18 heavy (non-hydrogen) atoms. The maximum Gasteiger partial charge on any atom is 0.151 e. The van der Waals surface area contributed by atoms with E-state index in [9.17, 15) is 0 Å². The van der Waals surface area contributed by atoms with E-state index in [1.165, 1.54) is 32.1 Å². The maximum absolute atomic E-state index is 4.73. The van der Waals surface area contributed by atoms with E-state index < -0.39 is 0 Å². The number of rotatable bonds is 3. The Bertz CT molecular complexity index is 398. The van der Waals surface area contributed by atoms with Gasteiger partial charge in [0.2, 0.25) is 0 Å². The van der Waals surface area contributed by atoms with Gasteiger partial charge in [-0.1, -0.05) is 19.8 Å². The zero-order chi connectivity index (χ0) is 12.5. The largest absolute Gasteiger partial charge is 0.304 e. The molecule has 2 aliphatic rings. The van der Waals surface area contributed by atoms with E-state index >= 15 is 0 Å². The first-order chi connectivity index (χ1) is 8.78. The molecule has 0 amide bonds. The molecule has 1 aliphatic heterocycles. The third kappa shape index (κ3) is 2.18. The second-order valence-electron chi connectivity index (χ2n) is 5.87. The van der Waals surface area contributed by atoms with E-state index in [1.807, 2.05) is 11.7 Å². The highest BCUT2D eigenvalue weighted by molar-refractivity contribution is 5.05. The van der Waals surface area contributed by atoms with E-state index in [-0.39, 0.29) is 0 Å². The summed E-state index contributed by atoms with van der Waals surface area (Å²) >= 11 is 0. The zero-order valence-corrected chi connectivity index (χ0v) is 11.5. The molecule has 100 valence electrons. The predicted molar refractivity (Wildman–Crippen MR) is 71.2 cm³/mol. The third-order valence-corrected chi connectivity index (χ3v) is 4.49. The second-order valence-corrected chi connectivity index (χ2v) is 5.87. The van der Waals surface area contributed by atoms with Crippen LogP contribution in [0.15, 0.2) is 0 Å².